The van der Waals surface area contributed by atoms with Crippen LogP contribution in [0.25, 0.3) is 22.6 Å². The van der Waals surface area contributed by atoms with Gasteiger partial charge in [-0.3, -0.25) is 4.90 Å². The number of rotatable bonds is 10. The summed E-state index contributed by atoms with van der Waals surface area (Å²) in [5.74, 6) is 1.50. The molecular formula is C32H38N4O2. The minimum atomic E-state index is 0.478. The molecule has 2 aliphatic heterocycles. The van der Waals surface area contributed by atoms with E-state index in [2.05, 4.69) is 69.7 Å². The first-order valence-electron chi connectivity index (χ1n) is 14.2. The molecule has 6 heteroatoms. The van der Waals surface area contributed by atoms with Crippen molar-refractivity contribution in [2.24, 2.45) is 0 Å². The molecule has 0 saturated carbocycles. The van der Waals surface area contributed by atoms with Crippen LogP contribution in [0.5, 0.6) is 5.75 Å². The van der Waals surface area contributed by atoms with E-state index in [1.165, 1.54) is 31.5 Å². The molecule has 1 N–H and O–H groups in total. The van der Waals surface area contributed by atoms with Crippen molar-refractivity contribution >= 4 is 16.8 Å². The van der Waals surface area contributed by atoms with E-state index in [1.807, 2.05) is 18.2 Å². The molecule has 0 aliphatic carbocycles. The van der Waals surface area contributed by atoms with Gasteiger partial charge in [-0.25, -0.2) is 4.98 Å². The number of oxazole rings is 1. The van der Waals surface area contributed by atoms with Crippen LogP contribution < -0.4 is 10.1 Å². The number of ether oxygens (including phenoxy) is 1. The molecule has 198 valence electrons. The van der Waals surface area contributed by atoms with E-state index in [0.717, 1.165) is 80.1 Å². The lowest BCUT2D eigenvalue weighted by atomic mass is 10.0. The lowest BCUT2D eigenvalue weighted by Gasteiger charge is -2.33. The lowest BCUT2D eigenvalue weighted by molar-refractivity contribution is 0.211. The number of anilines is 1. The average Bonchev–Trinajstić information content (AvgIpc) is 3.63. The van der Waals surface area contributed by atoms with Gasteiger partial charge in [0.1, 0.15) is 11.3 Å². The summed E-state index contributed by atoms with van der Waals surface area (Å²) in [6, 6.07) is 25.6. The Hall–Kier alpha value is -3.35. The van der Waals surface area contributed by atoms with Gasteiger partial charge >= 0.3 is 0 Å². The van der Waals surface area contributed by atoms with Gasteiger partial charge in [0.25, 0.3) is 0 Å². The van der Waals surface area contributed by atoms with Gasteiger partial charge < -0.3 is 19.4 Å². The molecule has 3 heterocycles. The van der Waals surface area contributed by atoms with Crippen molar-refractivity contribution in [3.8, 4) is 17.2 Å². The van der Waals surface area contributed by atoms with E-state index in [-0.39, 0.29) is 0 Å². The van der Waals surface area contributed by atoms with Crippen molar-refractivity contribution in [2.45, 2.75) is 44.7 Å². The fraction of sp³-hybridized carbons (Fsp3) is 0.406. The van der Waals surface area contributed by atoms with Gasteiger partial charge in [0, 0.05) is 49.5 Å². The van der Waals surface area contributed by atoms with Crippen LogP contribution in [0.3, 0.4) is 0 Å². The van der Waals surface area contributed by atoms with Gasteiger partial charge in [-0.2, -0.15) is 0 Å². The maximum Gasteiger partial charge on any atom is 0.227 e. The lowest BCUT2D eigenvalue weighted by Crippen LogP contribution is -2.38. The largest absolute Gasteiger partial charge is 0.493 e. The zero-order valence-corrected chi connectivity index (χ0v) is 22.1. The molecule has 4 aromatic rings. The van der Waals surface area contributed by atoms with E-state index >= 15 is 0 Å². The molecule has 38 heavy (non-hydrogen) atoms. The van der Waals surface area contributed by atoms with Crippen LogP contribution in [0.15, 0.2) is 77.2 Å². The number of benzene rings is 3. The van der Waals surface area contributed by atoms with Crippen LogP contribution >= 0.6 is 0 Å². The van der Waals surface area contributed by atoms with Crippen molar-refractivity contribution in [1.82, 2.24) is 14.8 Å². The topological polar surface area (TPSA) is 53.8 Å². The highest BCUT2D eigenvalue weighted by atomic mass is 16.5. The number of aromatic nitrogens is 1. The monoisotopic (exact) mass is 510 g/mol. The maximum atomic E-state index is 6.11. The van der Waals surface area contributed by atoms with Gasteiger partial charge in [0.05, 0.1) is 6.61 Å². The van der Waals surface area contributed by atoms with Crippen LogP contribution in [-0.4, -0.2) is 60.2 Å². The van der Waals surface area contributed by atoms with Crippen molar-refractivity contribution in [3.05, 3.63) is 78.4 Å². The summed E-state index contributed by atoms with van der Waals surface area (Å²) < 4.78 is 12.1. The van der Waals surface area contributed by atoms with E-state index in [4.69, 9.17) is 14.1 Å². The maximum absolute atomic E-state index is 6.11. The Morgan fingerprint density at radius 3 is 2.55 bits per heavy atom. The smallest absolute Gasteiger partial charge is 0.227 e. The molecule has 1 aromatic heterocycles. The second-order valence-electron chi connectivity index (χ2n) is 10.7. The summed E-state index contributed by atoms with van der Waals surface area (Å²) >= 11 is 0. The molecule has 0 radical (unpaired) electrons. The summed E-state index contributed by atoms with van der Waals surface area (Å²) in [5.41, 5.74) is 5.12. The van der Waals surface area contributed by atoms with Crippen molar-refractivity contribution in [3.63, 3.8) is 0 Å². The molecule has 6 nitrogen and oxygen atoms in total. The summed E-state index contributed by atoms with van der Waals surface area (Å²) in [7, 11) is 0. The molecule has 0 atom stereocenters. The normalized spacial score (nSPS) is 17.3. The molecule has 6 rings (SSSR count). The number of nitrogens with zero attached hydrogens (tertiary/aromatic N) is 3. The van der Waals surface area contributed by atoms with Crippen LogP contribution in [0.1, 0.15) is 37.7 Å². The van der Waals surface area contributed by atoms with Crippen LogP contribution in [0.4, 0.5) is 5.69 Å². The second kappa shape index (κ2) is 12.0. The first-order valence-corrected chi connectivity index (χ1v) is 14.2. The molecular weight excluding hydrogens is 472 g/mol. The molecule has 0 spiro atoms. The molecule has 0 amide bonds. The molecule has 0 unspecified atom stereocenters. The van der Waals surface area contributed by atoms with Gasteiger partial charge in [-0.1, -0.05) is 36.4 Å². The van der Waals surface area contributed by atoms with Crippen LogP contribution in [0, 0.1) is 0 Å². The van der Waals surface area contributed by atoms with E-state index in [0.29, 0.717) is 11.9 Å². The first-order chi connectivity index (χ1) is 18.8. The number of piperidine rings is 1. The minimum Gasteiger partial charge on any atom is -0.493 e. The molecule has 3 aromatic carbocycles. The van der Waals surface area contributed by atoms with E-state index in [1.54, 1.807) is 0 Å². The summed E-state index contributed by atoms with van der Waals surface area (Å²) in [6.07, 6.45) is 5.99. The van der Waals surface area contributed by atoms with Crippen LogP contribution in [-0.2, 0) is 6.54 Å². The standard InChI is InChI=1S/C32H38N4O2/c1-2-8-25(9-3-1)24-36-19-14-27(15-20-36)33-28-11-6-10-26(22-28)32-34-30-23-29(12-13-31(30)38-32)37-21-7-18-35-16-4-5-17-35/h1-3,6,8-13,22-23,27,33H,4-5,7,14-21,24H2. The molecule has 2 saturated heterocycles. The number of hydrogen-bond acceptors (Lipinski definition) is 6. The Balaban J connectivity index is 1.03. The highest BCUT2D eigenvalue weighted by Gasteiger charge is 2.19. The number of hydrogen-bond donors (Lipinski definition) is 1. The van der Waals surface area contributed by atoms with Gasteiger partial charge in [-0.05, 0) is 81.1 Å². The zero-order valence-electron chi connectivity index (χ0n) is 22.1. The highest BCUT2D eigenvalue weighted by molar-refractivity contribution is 5.78. The Bertz CT molecular complexity index is 1310. The number of likely N-dealkylation sites (tertiary alicyclic amines) is 2. The predicted octanol–water partition coefficient (Wildman–Crippen LogP) is 6.44. The van der Waals surface area contributed by atoms with Gasteiger partial charge in [0.15, 0.2) is 5.58 Å². The molecule has 0 bridgehead atoms. The fourth-order valence-corrected chi connectivity index (χ4v) is 5.66. The zero-order chi connectivity index (χ0) is 25.6. The van der Waals surface area contributed by atoms with Crippen LogP contribution in [0.2, 0.25) is 0 Å². The Morgan fingerprint density at radius 1 is 0.868 bits per heavy atom. The molecule has 2 fully saturated rings. The first kappa shape index (κ1) is 25.0. The van der Waals surface area contributed by atoms with Gasteiger partial charge in [0.2, 0.25) is 5.89 Å². The van der Waals surface area contributed by atoms with Gasteiger partial charge in [-0.15, -0.1) is 0 Å². The van der Waals surface area contributed by atoms with Crippen molar-refractivity contribution in [2.75, 3.05) is 44.6 Å². The number of fused-ring (bicyclic) bond motifs is 1. The third-order valence-corrected chi connectivity index (χ3v) is 7.76. The van der Waals surface area contributed by atoms with Crippen molar-refractivity contribution in [1.29, 1.82) is 0 Å². The minimum absolute atomic E-state index is 0.478. The summed E-state index contributed by atoms with van der Waals surface area (Å²) in [5, 5.41) is 3.75. The van der Waals surface area contributed by atoms with E-state index in [9.17, 15) is 0 Å². The SMILES string of the molecule is c1ccc(CN2CCC(Nc3cccc(-c4nc5cc(OCCCN6CCCC6)ccc5o4)c3)CC2)cc1. The Labute approximate surface area is 225 Å². The summed E-state index contributed by atoms with van der Waals surface area (Å²) in [6.45, 7) is 7.57. The quantitative estimate of drug-likeness (QED) is 0.248. The van der Waals surface area contributed by atoms with Crippen molar-refractivity contribution < 1.29 is 9.15 Å². The average molecular weight is 511 g/mol. The fourth-order valence-electron chi connectivity index (χ4n) is 5.66. The highest BCUT2D eigenvalue weighted by Crippen LogP contribution is 2.29. The Morgan fingerprint density at radius 2 is 1.71 bits per heavy atom. The number of nitrogens with one attached hydrogen (secondary N) is 1. The third kappa shape index (κ3) is 6.37. The molecule has 2 aliphatic rings. The summed E-state index contributed by atoms with van der Waals surface area (Å²) in [4.78, 5) is 9.85. The second-order valence-corrected chi connectivity index (χ2v) is 10.7. The third-order valence-electron chi connectivity index (χ3n) is 7.76. The Kier molecular flexibility index (Phi) is 7.89. The predicted molar refractivity (Wildman–Crippen MR) is 154 cm³/mol. The van der Waals surface area contributed by atoms with E-state index < -0.39 is 0 Å².